The molecule has 0 bridgehead atoms. The fourth-order valence-electron chi connectivity index (χ4n) is 3.05. The van der Waals surface area contributed by atoms with E-state index in [4.69, 9.17) is 23.7 Å². The van der Waals surface area contributed by atoms with E-state index in [9.17, 15) is 20.4 Å². The highest BCUT2D eigenvalue weighted by atomic mass is 32.2. The van der Waals surface area contributed by atoms with E-state index in [2.05, 4.69) is 16.6 Å². The predicted octanol–water partition coefficient (Wildman–Crippen LogP) is -1.21. The van der Waals surface area contributed by atoms with Crippen molar-refractivity contribution in [2.75, 3.05) is 58.3 Å². The third kappa shape index (κ3) is 10.5. The summed E-state index contributed by atoms with van der Waals surface area (Å²) in [5.41, 5.74) is 0.649. The van der Waals surface area contributed by atoms with E-state index >= 15 is 0 Å². The number of hydrogen-bond acceptors (Lipinski definition) is 12. The molecule has 1 saturated heterocycles. The first-order valence-electron chi connectivity index (χ1n) is 11.1. The predicted molar refractivity (Wildman–Crippen MR) is 119 cm³/mol. The minimum atomic E-state index is -1.47. The summed E-state index contributed by atoms with van der Waals surface area (Å²) in [4.78, 5) is 0. The topological polar surface area (TPSA) is 158 Å². The van der Waals surface area contributed by atoms with Gasteiger partial charge in [-0.25, -0.2) is 4.68 Å². The second-order valence-electron chi connectivity index (χ2n) is 7.52. The Labute approximate surface area is 198 Å². The monoisotopic (exact) mass is 495 g/mol. The highest BCUT2D eigenvalue weighted by Crippen LogP contribution is 2.21. The minimum absolute atomic E-state index is 0.111. The molecule has 0 aromatic carbocycles. The first-order chi connectivity index (χ1) is 16.1. The number of hydrogen-bond donors (Lipinski definition) is 4. The van der Waals surface area contributed by atoms with Crippen molar-refractivity contribution >= 4 is 11.8 Å². The van der Waals surface area contributed by atoms with Crippen molar-refractivity contribution in [3.8, 4) is 0 Å². The van der Waals surface area contributed by atoms with Crippen LogP contribution in [0.2, 0.25) is 0 Å². The third-order valence-electron chi connectivity index (χ3n) is 4.92. The molecule has 4 N–H and O–H groups in total. The van der Waals surface area contributed by atoms with Crippen molar-refractivity contribution in [1.29, 1.82) is 0 Å². The summed E-state index contributed by atoms with van der Waals surface area (Å²) in [5, 5.41) is 46.7. The van der Waals surface area contributed by atoms with E-state index in [0.717, 1.165) is 13.0 Å². The van der Waals surface area contributed by atoms with Gasteiger partial charge in [-0.1, -0.05) is 5.21 Å². The summed E-state index contributed by atoms with van der Waals surface area (Å²) in [6.45, 7) is 3.01. The average molecular weight is 496 g/mol. The molecule has 0 saturated carbocycles. The van der Waals surface area contributed by atoms with E-state index < -0.39 is 37.3 Å². The van der Waals surface area contributed by atoms with Crippen LogP contribution in [0.15, 0.2) is 6.20 Å². The quantitative estimate of drug-likeness (QED) is 0.180. The lowest BCUT2D eigenvalue weighted by molar-refractivity contribution is -0.301. The van der Waals surface area contributed by atoms with Gasteiger partial charge in [-0.15, -0.1) is 5.10 Å². The summed E-state index contributed by atoms with van der Waals surface area (Å²) in [6, 6.07) is 0. The van der Waals surface area contributed by atoms with Crippen molar-refractivity contribution in [2.24, 2.45) is 0 Å². The number of aliphatic hydroxyl groups is 4. The van der Waals surface area contributed by atoms with Gasteiger partial charge in [0.2, 0.25) is 0 Å². The van der Waals surface area contributed by atoms with Crippen molar-refractivity contribution in [1.82, 2.24) is 15.0 Å². The number of unbranched alkanes of at least 4 members (excludes halogenated alkanes) is 1. The molecule has 0 spiro atoms. The van der Waals surface area contributed by atoms with Crippen LogP contribution < -0.4 is 0 Å². The standard InChI is InChI=1S/C20H37N3O9S/c1-33-11-3-2-5-28-7-8-29-9-10-30-14-15-12-23(22-21-15)4-6-31-20-19(27)18(26)17(25)16(13-24)32-20/h12,16-20,24-27H,2-11,13-14H2,1H3/t16?,17-,18+,19?,20+/m1/s1. The summed E-state index contributed by atoms with van der Waals surface area (Å²) in [7, 11) is 0. The SMILES string of the molecule is CSCCCCOCCOCCOCc1cn(CCO[C@H]2OC(CO)[C@@H](O)[C@H](O)C2O)nn1. The van der Waals surface area contributed by atoms with Crippen molar-refractivity contribution < 1.29 is 44.1 Å². The molecule has 0 radical (unpaired) electrons. The molecule has 33 heavy (non-hydrogen) atoms. The first-order valence-corrected chi connectivity index (χ1v) is 12.5. The smallest absolute Gasteiger partial charge is 0.186 e. The lowest BCUT2D eigenvalue weighted by atomic mass is 9.99. The Morgan fingerprint density at radius 2 is 1.70 bits per heavy atom. The number of rotatable bonds is 18. The highest BCUT2D eigenvalue weighted by molar-refractivity contribution is 7.98. The number of aliphatic hydroxyl groups excluding tert-OH is 4. The van der Waals surface area contributed by atoms with Gasteiger partial charge in [0.15, 0.2) is 6.29 Å². The minimum Gasteiger partial charge on any atom is -0.394 e. The Bertz CT molecular complexity index is 625. The fourth-order valence-corrected chi connectivity index (χ4v) is 3.54. The van der Waals surface area contributed by atoms with E-state index in [-0.39, 0.29) is 6.61 Å². The molecule has 1 fully saturated rings. The number of ether oxygens (including phenoxy) is 5. The zero-order valence-electron chi connectivity index (χ0n) is 19.0. The molecule has 1 aliphatic heterocycles. The maximum atomic E-state index is 9.95. The summed E-state index contributed by atoms with van der Waals surface area (Å²) in [5.74, 6) is 1.17. The van der Waals surface area contributed by atoms with E-state index in [1.54, 1.807) is 10.9 Å². The van der Waals surface area contributed by atoms with Gasteiger partial charge in [-0.2, -0.15) is 11.8 Å². The molecule has 192 valence electrons. The van der Waals surface area contributed by atoms with Gasteiger partial charge in [0.1, 0.15) is 30.1 Å². The van der Waals surface area contributed by atoms with Gasteiger partial charge in [-0.05, 0) is 24.9 Å². The van der Waals surface area contributed by atoms with E-state index in [0.29, 0.717) is 45.3 Å². The molecule has 0 aliphatic carbocycles. The molecule has 2 rings (SSSR count). The van der Waals surface area contributed by atoms with Crippen LogP contribution in [0, 0.1) is 0 Å². The summed E-state index contributed by atoms with van der Waals surface area (Å²) in [6.07, 6.45) is -0.430. The Balaban J connectivity index is 1.50. The lowest BCUT2D eigenvalue weighted by Gasteiger charge is -2.39. The van der Waals surface area contributed by atoms with Crippen LogP contribution in [0.25, 0.3) is 0 Å². The molecule has 12 nitrogen and oxygen atoms in total. The average Bonchev–Trinajstić information content (AvgIpc) is 3.27. The molecule has 0 amide bonds. The van der Waals surface area contributed by atoms with Crippen LogP contribution in [0.4, 0.5) is 0 Å². The molecule has 1 aliphatic rings. The second-order valence-corrected chi connectivity index (χ2v) is 8.50. The van der Waals surface area contributed by atoms with E-state index in [1.807, 2.05) is 11.8 Å². The van der Waals surface area contributed by atoms with Gasteiger partial charge in [0.25, 0.3) is 0 Å². The number of nitrogens with zero attached hydrogens (tertiary/aromatic N) is 3. The van der Waals surface area contributed by atoms with Crippen molar-refractivity contribution in [2.45, 2.75) is 56.7 Å². The molecule has 5 atom stereocenters. The normalized spacial score (nSPS) is 25.5. The summed E-state index contributed by atoms with van der Waals surface area (Å²) < 4.78 is 28.7. The molecular formula is C20H37N3O9S. The summed E-state index contributed by atoms with van der Waals surface area (Å²) >= 11 is 1.85. The Morgan fingerprint density at radius 1 is 0.970 bits per heavy atom. The lowest BCUT2D eigenvalue weighted by Crippen LogP contribution is -2.59. The van der Waals surface area contributed by atoms with Crippen molar-refractivity contribution in [3.05, 3.63) is 11.9 Å². The fraction of sp³-hybridized carbons (Fsp3) is 0.900. The van der Waals surface area contributed by atoms with Crippen LogP contribution >= 0.6 is 11.8 Å². The Kier molecular flexibility index (Phi) is 14.4. The maximum Gasteiger partial charge on any atom is 0.186 e. The van der Waals surface area contributed by atoms with Gasteiger partial charge in [0.05, 0.1) is 59.0 Å². The van der Waals surface area contributed by atoms with E-state index in [1.165, 1.54) is 12.2 Å². The first kappa shape index (κ1) is 28.4. The van der Waals surface area contributed by atoms with Gasteiger partial charge < -0.3 is 44.1 Å². The second kappa shape index (κ2) is 16.7. The number of thioether (sulfide) groups is 1. The van der Waals surface area contributed by atoms with Crippen LogP contribution in [0.1, 0.15) is 18.5 Å². The molecule has 2 heterocycles. The Hall–Kier alpha value is -0.870. The molecule has 13 heteroatoms. The van der Waals surface area contributed by atoms with Crippen LogP contribution in [0.3, 0.4) is 0 Å². The largest absolute Gasteiger partial charge is 0.394 e. The molecule has 2 unspecified atom stereocenters. The van der Waals surface area contributed by atoms with Crippen LogP contribution in [-0.2, 0) is 36.8 Å². The zero-order valence-corrected chi connectivity index (χ0v) is 19.8. The van der Waals surface area contributed by atoms with Gasteiger partial charge >= 0.3 is 0 Å². The van der Waals surface area contributed by atoms with Crippen LogP contribution in [-0.4, -0.2) is 124 Å². The number of aromatic nitrogens is 3. The third-order valence-corrected chi connectivity index (χ3v) is 5.62. The zero-order chi connectivity index (χ0) is 23.9. The highest BCUT2D eigenvalue weighted by Gasteiger charge is 2.43. The maximum absolute atomic E-state index is 9.95. The van der Waals surface area contributed by atoms with Gasteiger partial charge in [0, 0.05) is 6.61 Å². The Morgan fingerprint density at radius 3 is 2.42 bits per heavy atom. The van der Waals surface area contributed by atoms with Crippen molar-refractivity contribution in [3.63, 3.8) is 0 Å². The van der Waals surface area contributed by atoms with Gasteiger partial charge in [-0.3, -0.25) is 0 Å². The molecular weight excluding hydrogens is 458 g/mol. The van der Waals surface area contributed by atoms with Crippen LogP contribution in [0.5, 0.6) is 0 Å². The molecule has 1 aromatic rings. The molecule has 1 aromatic heterocycles.